The monoisotopic (exact) mass is 436 g/mol. The molecule has 1 aromatic heterocycles. The number of esters is 1. The van der Waals surface area contributed by atoms with Crippen molar-refractivity contribution in [1.29, 1.82) is 0 Å². The van der Waals surface area contributed by atoms with Gasteiger partial charge in [-0.1, -0.05) is 43.1 Å². The zero-order chi connectivity index (χ0) is 21.2. The zero-order valence-electron chi connectivity index (χ0n) is 16.6. The van der Waals surface area contributed by atoms with Gasteiger partial charge in [0.1, 0.15) is 11.6 Å². The van der Waals surface area contributed by atoms with Crippen LogP contribution in [0.3, 0.4) is 0 Å². The molecule has 0 aliphatic rings. The summed E-state index contributed by atoms with van der Waals surface area (Å²) >= 11 is 12.2. The van der Waals surface area contributed by atoms with Crippen molar-refractivity contribution in [1.82, 2.24) is 9.55 Å². The summed E-state index contributed by atoms with van der Waals surface area (Å²) in [6.07, 6.45) is 0.800. The molecule has 4 nitrogen and oxygen atoms in total. The third-order valence-corrected chi connectivity index (χ3v) is 5.42. The highest BCUT2D eigenvalue weighted by atomic mass is 35.5. The summed E-state index contributed by atoms with van der Waals surface area (Å²) < 4.78 is 20.9. The van der Waals surface area contributed by atoms with E-state index in [1.54, 1.807) is 19.1 Å². The summed E-state index contributed by atoms with van der Waals surface area (Å²) in [4.78, 5) is 16.6. The van der Waals surface area contributed by atoms with Crippen molar-refractivity contribution in [2.45, 2.75) is 40.2 Å². The first-order valence-corrected chi connectivity index (χ1v) is 10.2. The molecule has 0 unspecified atom stereocenters. The molecule has 1 heterocycles. The fourth-order valence-corrected chi connectivity index (χ4v) is 3.70. The second-order valence-electron chi connectivity index (χ2n) is 7.82. The molecular weight excluding hydrogens is 414 g/mol. The van der Waals surface area contributed by atoms with E-state index in [1.807, 2.05) is 30.5 Å². The highest BCUT2D eigenvalue weighted by molar-refractivity contribution is 6.42. The van der Waals surface area contributed by atoms with E-state index in [1.165, 1.54) is 12.1 Å². The van der Waals surface area contributed by atoms with Gasteiger partial charge in [-0.05, 0) is 42.2 Å². The van der Waals surface area contributed by atoms with E-state index in [2.05, 4.69) is 4.98 Å². The first kappa shape index (κ1) is 21.6. The van der Waals surface area contributed by atoms with Crippen molar-refractivity contribution in [3.8, 4) is 0 Å². The molecule has 0 atom stereocenters. The number of benzene rings is 2. The van der Waals surface area contributed by atoms with Crippen LogP contribution in [0, 0.1) is 11.2 Å². The van der Waals surface area contributed by atoms with Crippen molar-refractivity contribution >= 4 is 40.2 Å². The first-order chi connectivity index (χ1) is 13.7. The smallest absolute Gasteiger partial charge is 0.306 e. The fourth-order valence-electron chi connectivity index (χ4n) is 3.38. The Bertz CT molecular complexity index is 1050. The number of imidazole rings is 1. The van der Waals surface area contributed by atoms with Crippen LogP contribution in [0.25, 0.3) is 11.0 Å². The summed E-state index contributed by atoms with van der Waals surface area (Å²) in [5.41, 5.74) is 1.97. The molecule has 0 amide bonds. The largest absolute Gasteiger partial charge is 0.466 e. The van der Waals surface area contributed by atoms with Crippen LogP contribution < -0.4 is 0 Å². The van der Waals surface area contributed by atoms with Crippen molar-refractivity contribution in [2.24, 2.45) is 5.41 Å². The summed E-state index contributed by atoms with van der Waals surface area (Å²) in [6, 6.07) is 10.0. The van der Waals surface area contributed by atoms with Crippen molar-refractivity contribution in [3.05, 3.63) is 63.6 Å². The van der Waals surface area contributed by atoms with Gasteiger partial charge in [0.2, 0.25) is 0 Å². The number of ether oxygens (including phenoxy) is 1. The van der Waals surface area contributed by atoms with Gasteiger partial charge in [0.15, 0.2) is 0 Å². The second kappa shape index (κ2) is 8.72. The van der Waals surface area contributed by atoms with E-state index in [4.69, 9.17) is 27.9 Å². The summed E-state index contributed by atoms with van der Waals surface area (Å²) in [6.45, 7) is 6.63. The minimum atomic E-state index is -0.373. The summed E-state index contributed by atoms with van der Waals surface area (Å²) in [5, 5.41) is 0.965. The molecule has 0 aliphatic carbocycles. The SMILES string of the molecule is CCOC(=O)CC(C)(C)Cc1nc2cc(F)ccc2n1Cc1ccc(Cl)c(Cl)c1. The number of carbonyl (C=O) groups excluding carboxylic acids is 1. The van der Waals surface area contributed by atoms with E-state index in [0.29, 0.717) is 35.1 Å². The van der Waals surface area contributed by atoms with Crippen LogP contribution in [-0.2, 0) is 22.5 Å². The standard InChI is InChI=1S/C22H23Cl2FN2O2/c1-4-29-21(28)12-22(2,3)11-20-26-18-10-15(25)6-8-19(18)27(20)13-14-5-7-16(23)17(24)9-14/h5-10H,4,11-13H2,1-3H3. The molecule has 29 heavy (non-hydrogen) atoms. The van der Waals surface area contributed by atoms with Gasteiger partial charge in [-0.3, -0.25) is 4.79 Å². The molecule has 0 aliphatic heterocycles. The van der Waals surface area contributed by atoms with Gasteiger partial charge in [-0.2, -0.15) is 0 Å². The molecule has 0 saturated carbocycles. The Morgan fingerprint density at radius 3 is 2.62 bits per heavy atom. The van der Waals surface area contributed by atoms with Crippen LogP contribution in [-0.4, -0.2) is 22.1 Å². The molecule has 154 valence electrons. The van der Waals surface area contributed by atoms with Crippen LogP contribution in [0.4, 0.5) is 4.39 Å². The van der Waals surface area contributed by atoms with Gasteiger partial charge >= 0.3 is 5.97 Å². The summed E-state index contributed by atoms with van der Waals surface area (Å²) in [7, 11) is 0. The third-order valence-electron chi connectivity index (χ3n) is 4.68. The Labute approximate surface area is 179 Å². The Morgan fingerprint density at radius 1 is 1.17 bits per heavy atom. The molecule has 0 spiro atoms. The minimum absolute atomic E-state index is 0.240. The Balaban J connectivity index is 1.98. The van der Waals surface area contributed by atoms with Crippen LogP contribution >= 0.6 is 23.2 Å². The fraction of sp³-hybridized carbons (Fsp3) is 0.364. The van der Waals surface area contributed by atoms with Crippen molar-refractivity contribution in [2.75, 3.05) is 6.61 Å². The van der Waals surface area contributed by atoms with Crippen LogP contribution in [0.2, 0.25) is 10.0 Å². The quantitative estimate of drug-likeness (QED) is 0.423. The molecule has 3 rings (SSSR count). The molecule has 0 N–H and O–H groups in total. The summed E-state index contributed by atoms with van der Waals surface area (Å²) in [5.74, 6) is 0.190. The maximum atomic E-state index is 13.8. The van der Waals surface area contributed by atoms with Crippen molar-refractivity contribution in [3.63, 3.8) is 0 Å². The lowest BCUT2D eigenvalue weighted by Gasteiger charge is -2.23. The molecule has 0 radical (unpaired) electrons. The molecule has 2 aromatic carbocycles. The second-order valence-corrected chi connectivity index (χ2v) is 8.63. The molecule has 0 fully saturated rings. The minimum Gasteiger partial charge on any atom is -0.466 e. The average molecular weight is 437 g/mol. The van der Waals surface area contributed by atoms with Gasteiger partial charge in [-0.15, -0.1) is 0 Å². The van der Waals surface area contributed by atoms with Gasteiger partial charge < -0.3 is 9.30 Å². The number of fused-ring (bicyclic) bond motifs is 1. The average Bonchev–Trinajstić information content (AvgIpc) is 2.93. The molecule has 7 heteroatoms. The third kappa shape index (κ3) is 5.28. The molecule has 3 aromatic rings. The van der Waals surface area contributed by atoms with E-state index in [9.17, 15) is 9.18 Å². The number of aromatic nitrogens is 2. The Hall–Kier alpha value is -2.11. The highest BCUT2D eigenvalue weighted by Crippen LogP contribution is 2.30. The number of hydrogen-bond acceptors (Lipinski definition) is 3. The zero-order valence-corrected chi connectivity index (χ0v) is 18.1. The predicted molar refractivity (Wildman–Crippen MR) is 114 cm³/mol. The van der Waals surface area contributed by atoms with Crippen LogP contribution in [0.15, 0.2) is 36.4 Å². The van der Waals surface area contributed by atoms with Crippen LogP contribution in [0.1, 0.15) is 38.6 Å². The maximum Gasteiger partial charge on any atom is 0.306 e. The van der Waals surface area contributed by atoms with E-state index < -0.39 is 0 Å². The van der Waals surface area contributed by atoms with Gasteiger partial charge in [-0.25, -0.2) is 9.37 Å². The molecular formula is C22H23Cl2FN2O2. The Morgan fingerprint density at radius 2 is 1.93 bits per heavy atom. The van der Waals surface area contributed by atoms with Gasteiger partial charge in [0.25, 0.3) is 0 Å². The van der Waals surface area contributed by atoms with E-state index in [0.717, 1.165) is 16.9 Å². The van der Waals surface area contributed by atoms with Gasteiger partial charge in [0.05, 0.1) is 34.1 Å². The lowest BCUT2D eigenvalue weighted by Crippen LogP contribution is -2.23. The number of rotatable bonds is 7. The molecule has 0 bridgehead atoms. The lowest BCUT2D eigenvalue weighted by atomic mass is 9.85. The number of halogens is 3. The van der Waals surface area contributed by atoms with Crippen LogP contribution in [0.5, 0.6) is 0 Å². The number of carbonyl (C=O) groups is 1. The lowest BCUT2D eigenvalue weighted by molar-refractivity contribution is -0.145. The normalized spacial score (nSPS) is 11.8. The predicted octanol–water partition coefficient (Wildman–Crippen LogP) is 6.05. The molecule has 0 saturated heterocycles. The number of nitrogens with zero attached hydrogens (tertiary/aromatic N) is 2. The van der Waals surface area contributed by atoms with E-state index >= 15 is 0 Å². The topological polar surface area (TPSA) is 44.1 Å². The number of hydrogen-bond donors (Lipinski definition) is 0. The maximum absolute atomic E-state index is 13.8. The van der Waals surface area contributed by atoms with E-state index in [-0.39, 0.29) is 23.6 Å². The Kier molecular flexibility index (Phi) is 6.49. The van der Waals surface area contributed by atoms with Gasteiger partial charge in [0, 0.05) is 19.0 Å². The van der Waals surface area contributed by atoms with Crippen molar-refractivity contribution < 1.29 is 13.9 Å². The highest BCUT2D eigenvalue weighted by Gasteiger charge is 2.26. The first-order valence-electron chi connectivity index (χ1n) is 9.43.